The van der Waals surface area contributed by atoms with E-state index < -0.39 is 15.8 Å². The third kappa shape index (κ3) is 3.10. The van der Waals surface area contributed by atoms with Crippen molar-refractivity contribution < 1.29 is 12.8 Å². The molecule has 0 aliphatic heterocycles. The highest BCUT2D eigenvalue weighted by Crippen LogP contribution is 2.23. The minimum Gasteiger partial charge on any atom is -0.277 e. The Labute approximate surface area is 118 Å². The lowest BCUT2D eigenvalue weighted by Crippen LogP contribution is -2.15. The predicted octanol–water partition coefficient (Wildman–Crippen LogP) is 3.09. The molecule has 0 atom stereocenters. The Morgan fingerprint density at radius 2 is 2.05 bits per heavy atom. The fraction of sp³-hybridized carbons (Fsp3) is 0.0833. The first-order chi connectivity index (χ1) is 8.90. The maximum absolute atomic E-state index is 13.4. The number of hydrogen-bond acceptors (Lipinski definition) is 3. The van der Waals surface area contributed by atoms with Crippen LogP contribution in [0.3, 0.4) is 0 Å². The van der Waals surface area contributed by atoms with E-state index >= 15 is 0 Å². The molecule has 1 heterocycles. The zero-order valence-corrected chi connectivity index (χ0v) is 12.3. The number of nitrogens with one attached hydrogen (secondary N) is 1. The molecular weight excluding hydrogens is 335 g/mol. The second-order valence-electron chi connectivity index (χ2n) is 3.87. The molecule has 2 rings (SSSR count). The largest absolute Gasteiger partial charge is 0.277 e. The molecule has 0 bridgehead atoms. The lowest BCUT2D eigenvalue weighted by molar-refractivity contribution is 0.597. The minimum absolute atomic E-state index is 0.104. The highest BCUT2D eigenvalue weighted by atomic mass is 79.9. The van der Waals surface area contributed by atoms with Gasteiger partial charge in [0.05, 0.1) is 16.8 Å². The summed E-state index contributed by atoms with van der Waals surface area (Å²) >= 11 is 3.26. The fourth-order valence-electron chi connectivity index (χ4n) is 1.57. The number of benzene rings is 1. The van der Waals surface area contributed by atoms with E-state index in [-0.39, 0.29) is 10.6 Å². The van der Waals surface area contributed by atoms with Crippen molar-refractivity contribution in [3.8, 4) is 0 Å². The van der Waals surface area contributed by atoms with Crippen molar-refractivity contribution in [2.24, 2.45) is 0 Å². The van der Waals surface area contributed by atoms with Crippen molar-refractivity contribution in [3.63, 3.8) is 0 Å². The van der Waals surface area contributed by atoms with E-state index in [2.05, 4.69) is 25.6 Å². The van der Waals surface area contributed by atoms with Crippen LogP contribution in [0, 0.1) is 12.7 Å². The molecule has 0 aliphatic rings. The van der Waals surface area contributed by atoms with Crippen LogP contribution in [0.2, 0.25) is 0 Å². The molecule has 2 aromatic rings. The molecule has 0 radical (unpaired) electrons. The average molecular weight is 345 g/mol. The molecule has 0 spiro atoms. The van der Waals surface area contributed by atoms with Crippen LogP contribution in [0.15, 0.2) is 46.0 Å². The lowest BCUT2D eigenvalue weighted by Gasteiger charge is -2.10. The Kier molecular flexibility index (Phi) is 3.86. The van der Waals surface area contributed by atoms with E-state index in [9.17, 15) is 12.8 Å². The second-order valence-corrected chi connectivity index (χ2v) is 6.44. The first-order valence-electron chi connectivity index (χ1n) is 5.28. The lowest BCUT2D eigenvalue weighted by atomic mass is 10.2. The first kappa shape index (κ1) is 14.0. The molecule has 0 amide bonds. The summed E-state index contributed by atoms with van der Waals surface area (Å²) in [7, 11) is -3.82. The average Bonchev–Trinajstić information content (AvgIpc) is 2.31. The fourth-order valence-corrected chi connectivity index (χ4v) is 3.34. The molecule has 1 aromatic carbocycles. The Morgan fingerprint density at radius 1 is 1.32 bits per heavy atom. The third-order valence-electron chi connectivity index (χ3n) is 2.44. The van der Waals surface area contributed by atoms with Gasteiger partial charge in [-0.3, -0.25) is 9.71 Å². The van der Waals surface area contributed by atoms with Gasteiger partial charge >= 0.3 is 0 Å². The van der Waals surface area contributed by atoms with E-state index in [4.69, 9.17) is 0 Å². The van der Waals surface area contributed by atoms with Gasteiger partial charge in [-0.05, 0) is 36.8 Å². The van der Waals surface area contributed by atoms with Crippen molar-refractivity contribution in [2.45, 2.75) is 11.8 Å². The highest BCUT2D eigenvalue weighted by Gasteiger charge is 2.18. The smallest absolute Gasteiger partial charge is 0.262 e. The van der Waals surface area contributed by atoms with Crippen molar-refractivity contribution in [2.75, 3.05) is 4.72 Å². The predicted molar refractivity (Wildman–Crippen MR) is 73.9 cm³/mol. The zero-order chi connectivity index (χ0) is 14.0. The molecule has 7 heteroatoms. The summed E-state index contributed by atoms with van der Waals surface area (Å²) in [5.74, 6) is -0.721. The maximum Gasteiger partial charge on any atom is 0.262 e. The first-order valence-corrected chi connectivity index (χ1v) is 7.56. The summed E-state index contributed by atoms with van der Waals surface area (Å²) in [6.45, 7) is 1.67. The van der Waals surface area contributed by atoms with Crippen LogP contribution < -0.4 is 4.72 Å². The van der Waals surface area contributed by atoms with E-state index in [1.807, 2.05) is 0 Å². The number of rotatable bonds is 3. The molecule has 1 N–H and O–H groups in total. The molecule has 0 saturated carbocycles. The number of aryl methyl sites for hydroxylation is 1. The van der Waals surface area contributed by atoms with Crippen LogP contribution >= 0.6 is 15.9 Å². The Morgan fingerprint density at radius 3 is 2.68 bits per heavy atom. The van der Waals surface area contributed by atoms with Crippen molar-refractivity contribution in [1.29, 1.82) is 0 Å². The molecule has 0 aliphatic carbocycles. The van der Waals surface area contributed by atoms with Crippen LogP contribution in [0.1, 0.15) is 5.56 Å². The summed E-state index contributed by atoms with van der Waals surface area (Å²) in [5, 5.41) is 0. The van der Waals surface area contributed by atoms with Crippen LogP contribution in [-0.4, -0.2) is 13.4 Å². The van der Waals surface area contributed by atoms with Gasteiger partial charge in [0.2, 0.25) is 0 Å². The number of aromatic nitrogens is 1. The SMILES string of the molecule is Cc1cc(Br)ccc1S(=O)(=O)Nc1ccncc1F. The van der Waals surface area contributed by atoms with E-state index in [1.54, 1.807) is 19.1 Å². The second kappa shape index (κ2) is 5.26. The summed E-state index contributed by atoms with van der Waals surface area (Å²) in [4.78, 5) is 3.66. The number of halogens is 2. The van der Waals surface area contributed by atoms with Gasteiger partial charge in [-0.25, -0.2) is 12.8 Å². The zero-order valence-electron chi connectivity index (χ0n) is 9.89. The van der Waals surface area contributed by atoms with E-state index in [1.165, 1.54) is 18.3 Å². The quantitative estimate of drug-likeness (QED) is 0.930. The topological polar surface area (TPSA) is 59.1 Å². The number of sulfonamides is 1. The van der Waals surface area contributed by atoms with Crippen LogP contribution in [0.4, 0.5) is 10.1 Å². The van der Waals surface area contributed by atoms with E-state index in [0.29, 0.717) is 5.56 Å². The van der Waals surface area contributed by atoms with Gasteiger partial charge < -0.3 is 0 Å². The Hall–Kier alpha value is -1.47. The molecule has 4 nitrogen and oxygen atoms in total. The molecule has 100 valence electrons. The number of nitrogens with zero attached hydrogens (tertiary/aromatic N) is 1. The van der Waals surface area contributed by atoms with Crippen molar-refractivity contribution in [1.82, 2.24) is 4.98 Å². The van der Waals surface area contributed by atoms with Crippen LogP contribution in [0.5, 0.6) is 0 Å². The molecule has 19 heavy (non-hydrogen) atoms. The number of anilines is 1. The Balaban J connectivity index is 2.41. The summed E-state index contributed by atoms with van der Waals surface area (Å²) in [6, 6.07) is 6.02. The minimum atomic E-state index is -3.82. The summed E-state index contributed by atoms with van der Waals surface area (Å²) in [6.07, 6.45) is 2.27. The summed E-state index contributed by atoms with van der Waals surface area (Å²) in [5.41, 5.74) is 0.439. The molecule has 1 aromatic heterocycles. The van der Waals surface area contributed by atoms with Crippen molar-refractivity contribution >= 4 is 31.6 Å². The van der Waals surface area contributed by atoms with Crippen molar-refractivity contribution in [3.05, 3.63) is 52.5 Å². The van der Waals surface area contributed by atoms with Gasteiger partial charge in [0.25, 0.3) is 10.0 Å². The van der Waals surface area contributed by atoms with Crippen LogP contribution in [-0.2, 0) is 10.0 Å². The number of hydrogen-bond donors (Lipinski definition) is 1. The van der Waals surface area contributed by atoms with Gasteiger partial charge in [-0.15, -0.1) is 0 Å². The monoisotopic (exact) mass is 344 g/mol. The van der Waals surface area contributed by atoms with E-state index in [0.717, 1.165) is 10.7 Å². The molecule has 0 unspecified atom stereocenters. The molecule has 0 fully saturated rings. The third-order valence-corrected chi connectivity index (χ3v) is 4.46. The van der Waals surface area contributed by atoms with Gasteiger partial charge in [0, 0.05) is 10.7 Å². The van der Waals surface area contributed by atoms with Gasteiger partial charge in [-0.2, -0.15) is 0 Å². The number of pyridine rings is 1. The normalized spacial score (nSPS) is 11.3. The Bertz CT molecular complexity index is 719. The standard InChI is InChI=1S/C12H10BrFN2O2S/c1-8-6-9(13)2-3-12(8)19(17,18)16-11-4-5-15-7-10(11)14/h2-7H,1H3,(H,15,16). The molecular formula is C12H10BrFN2O2S. The maximum atomic E-state index is 13.4. The van der Waals surface area contributed by atoms with Crippen LogP contribution in [0.25, 0.3) is 0 Å². The van der Waals surface area contributed by atoms with Gasteiger partial charge in [-0.1, -0.05) is 15.9 Å². The highest BCUT2D eigenvalue weighted by molar-refractivity contribution is 9.10. The van der Waals surface area contributed by atoms with Gasteiger partial charge in [0.1, 0.15) is 0 Å². The molecule has 0 saturated heterocycles. The summed E-state index contributed by atoms with van der Waals surface area (Å²) < 4.78 is 40.7. The van der Waals surface area contributed by atoms with Gasteiger partial charge in [0.15, 0.2) is 5.82 Å².